The summed E-state index contributed by atoms with van der Waals surface area (Å²) in [6.07, 6.45) is 12.3. The van der Waals surface area contributed by atoms with Crippen molar-refractivity contribution in [3.05, 3.63) is 0 Å². The lowest BCUT2D eigenvalue weighted by Gasteiger charge is -2.41. The molecule has 2 fully saturated rings. The summed E-state index contributed by atoms with van der Waals surface area (Å²) < 4.78 is 10.1. The van der Waals surface area contributed by atoms with Crippen molar-refractivity contribution < 1.29 is 14.3 Å². The van der Waals surface area contributed by atoms with E-state index in [0.717, 1.165) is 30.6 Å². The van der Waals surface area contributed by atoms with Gasteiger partial charge in [-0.2, -0.15) is 0 Å². The Morgan fingerprint density at radius 2 is 1.62 bits per heavy atom. The number of hydrogen-bond acceptors (Lipinski definition) is 3. The lowest BCUT2D eigenvalue weighted by Crippen LogP contribution is -2.38. The van der Waals surface area contributed by atoms with Gasteiger partial charge < -0.3 is 9.47 Å². The van der Waals surface area contributed by atoms with Crippen LogP contribution in [0.3, 0.4) is 0 Å². The van der Waals surface area contributed by atoms with Gasteiger partial charge in [0.25, 0.3) is 0 Å². The minimum absolute atomic E-state index is 0.303. The van der Waals surface area contributed by atoms with E-state index >= 15 is 0 Å². The van der Waals surface area contributed by atoms with E-state index in [0.29, 0.717) is 0 Å². The Bertz CT molecular complexity index is 323. The second-order valence-electron chi connectivity index (χ2n) is 7.41. The molecule has 2 rings (SSSR count). The molecule has 0 bridgehead atoms. The summed E-state index contributed by atoms with van der Waals surface area (Å²) in [5, 5.41) is 0. The Kier molecular flexibility index (Phi) is 5.95. The smallest absolute Gasteiger partial charge is 0.438 e. The van der Waals surface area contributed by atoms with Gasteiger partial charge in [0, 0.05) is 0 Å². The Balaban J connectivity index is 1.75. The van der Waals surface area contributed by atoms with Gasteiger partial charge in [0.05, 0.1) is 7.11 Å². The van der Waals surface area contributed by atoms with E-state index in [4.69, 9.17) is 4.74 Å². The Labute approximate surface area is 129 Å². The summed E-state index contributed by atoms with van der Waals surface area (Å²) >= 11 is 0. The fourth-order valence-electron chi connectivity index (χ4n) is 4.42. The molecule has 3 nitrogen and oxygen atoms in total. The van der Waals surface area contributed by atoms with Gasteiger partial charge in [-0.05, 0) is 63.2 Å². The summed E-state index contributed by atoms with van der Waals surface area (Å²) in [5.74, 6) is 2.76. The van der Waals surface area contributed by atoms with Crippen LogP contribution in [-0.2, 0) is 9.47 Å². The van der Waals surface area contributed by atoms with Crippen LogP contribution in [0.4, 0.5) is 4.79 Å². The standard InChI is InChI=1S/C18H32O3/c1-4-5-14-6-8-15(9-7-14)16-10-12-18(2,13-11-16)21-17(19)20-3/h14-16H,4-13H2,1-3H3. The van der Waals surface area contributed by atoms with E-state index in [2.05, 4.69) is 18.6 Å². The van der Waals surface area contributed by atoms with Gasteiger partial charge in [-0.15, -0.1) is 0 Å². The SMILES string of the molecule is CCCC1CCC(C2CCC(C)(OC(=O)OC)CC2)CC1. The molecule has 0 radical (unpaired) electrons. The van der Waals surface area contributed by atoms with Crippen molar-refractivity contribution in [1.82, 2.24) is 0 Å². The molecule has 21 heavy (non-hydrogen) atoms. The zero-order chi connectivity index (χ0) is 15.3. The molecular weight excluding hydrogens is 264 g/mol. The molecule has 0 spiro atoms. The molecule has 2 saturated carbocycles. The number of ether oxygens (including phenoxy) is 2. The second kappa shape index (κ2) is 7.51. The van der Waals surface area contributed by atoms with Crippen molar-refractivity contribution in [2.75, 3.05) is 7.11 Å². The average Bonchev–Trinajstić information content (AvgIpc) is 2.49. The molecular formula is C18H32O3. The van der Waals surface area contributed by atoms with Crippen LogP contribution in [0.15, 0.2) is 0 Å². The zero-order valence-electron chi connectivity index (χ0n) is 14.0. The van der Waals surface area contributed by atoms with E-state index in [1.165, 1.54) is 58.5 Å². The second-order valence-corrected chi connectivity index (χ2v) is 7.41. The third kappa shape index (κ3) is 4.62. The Hall–Kier alpha value is -0.730. The quantitative estimate of drug-likeness (QED) is 0.658. The first-order valence-electron chi connectivity index (χ1n) is 8.83. The Morgan fingerprint density at radius 3 is 2.14 bits per heavy atom. The largest absolute Gasteiger partial charge is 0.508 e. The van der Waals surface area contributed by atoms with Crippen LogP contribution in [-0.4, -0.2) is 18.9 Å². The monoisotopic (exact) mass is 296 g/mol. The van der Waals surface area contributed by atoms with Crippen molar-refractivity contribution >= 4 is 6.16 Å². The molecule has 0 amide bonds. The zero-order valence-corrected chi connectivity index (χ0v) is 14.0. The van der Waals surface area contributed by atoms with Gasteiger partial charge in [0.2, 0.25) is 0 Å². The van der Waals surface area contributed by atoms with Crippen LogP contribution in [0.1, 0.15) is 78.1 Å². The molecule has 3 heteroatoms. The van der Waals surface area contributed by atoms with Crippen LogP contribution in [0.25, 0.3) is 0 Å². The number of rotatable bonds is 4. The third-order valence-corrected chi connectivity index (χ3v) is 5.84. The number of methoxy groups -OCH3 is 1. The van der Waals surface area contributed by atoms with Gasteiger partial charge in [0.15, 0.2) is 0 Å². The lowest BCUT2D eigenvalue weighted by atomic mass is 9.68. The highest BCUT2D eigenvalue weighted by Gasteiger charge is 2.38. The average molecular weight is 296 g/mol. The first-order chi connectivity index (χ1) is 10.1. The molecule has 0 aromatic heterocycles. The first-order valence-corrected chi connectivity index (χ1v) is 8.83. The molecule has 0 aromatic carbocycles. The highest BCUT2D eigenvalue weighted by Crippen LogP contribution is 2.44. The number of carbonyl (C=O) groups excluding carboxylic acids is 1. The third-order valence-electron chi connectivity index (χ3n) is 5.84. The van der Waals surface area contributed by atoms with Crippen LogP contribution in [0.2, 0.25) is 0 Å². The number of hydrogen-bond donors (Lipinski definition) is 0. The van der Waals surface area contributed by atoms with Gasteiger partial charge >= 0.3 is 6.16 Å². The van der Waals surface area contributed by atoms with Crippen LogP contribution in [0.5, 0.6) is 0 Å². The van der Waals surface area contributed by atoms with Crippen LogP contribution >= 0.6 is 0 Å². The highest BCUT2D eigenvalue weighted by molar-refractivity contribution is 5.60. The maximum Gasteiger partial charge on any atom is 0.508 e. The predicted octanol–water partition coefficient (Wildman–Crippen LogP) is 5.32. The molecule has 122 valence electrons. The normalized spacial score (nSPS) is 37.0. The van der Waals surface area contributed by atoms with E-state index < -0.39 is 6.16 Å². The molecule has 0 aromatic rings. The molecule has 0 N–H and O–H groups in total. The van der Waals surface area contributed by atoms with E-state index in [-0.39, 0.29) is 5.60 Å². The van der Waals surface area contributed by atoms with Crippen LogP contribution in [0, 0.1) is 17.8 Å². The minimum Gasteiger partial charge on any atom is -0.438 e. The van der Waals surface area contributed by atoms with Gasteiger partial charge in [-0.1, -0.05) is 32.6 Å². The van der Waals surface area contributed by atoms with Crippen molar-refractivity contribution in [3.63, 3.8) is 0 Å². The van der Waals surface area contributed by atoms with Crippen molar-refractivity contribution in [2.24, 2.45) is 17.8 Å². The predicted molar refractivity (Wildman–Crippen MR) is 84.2 cm³/mol. The highest BCUT2D eigenvalue weighted by atomic mass is 16.7. The summed E-state index contributed by atoms with van der Waals surface area (Å²) in [6.45, 7) is 4.35. The van der Waals surface area contributed by atoms with Crippen molar-refractivity contribution in [3.8, 4) is 0 Å². The summed E-state index contributed by atoms with van der Waals surface area (Å²) in [4.78, 5) is 11.3. The fraction of sp³-hybridized carbons (Fsp3) is 0.944. The topological polar surface area (TPSA) is 35.5 Å². The molecule has 0 unspecified atom stereocenters. The maximum atomic E-state index is 11.3. The minimum atomic E-state index is -0.531. The summed E-state index contributed by atoms with van der Waals surface area (Å²) in [6, 6.07) is 0. The van der Waals surface area contributed by atoms with Crippen molar-refractivity contribution in [2.45, 2.75) is 83.7 Å². The fourth-order valence-corrected chi connectivity index (χ4v) is 4.42. The maximum absolute atomic E-state index is 11.3. The molecule has 0 atom stereocenters. The first kappa shape index (κ1) is 16.6. The summed E-state index contributed by atoms with van der Waals surface area (Å²) in [5.41, 5.74) is -0.303. The molecule has 0 heterocycles. The Morgan fingerprint density at radius 1 is 1.05 bits per heavy atom. The van der Waals surface area contributed by atoms with E-state index in [1.807, 2.05) is 0 Å². The lowest BCUT2D eigenvalue weighted by molar-refractivity contribution is -0.0506. The van der Waals surface area contributed by atoms with Gasteiger partial charge in [0.1, 0.15) is 5.60 Å². The van der Waals surface area contributed by atoms with Crippen LogP contribution < -0.4 is 0 Å². The molecule has 2 aliphatic rings. The van der Waals surface area contributed by atoms with E-state index in [1.54, 1.807) is 0 Å². The molecule has 2 aliphatic carbocycles. The van der Waals surface area contributed by atoms with E-state index in [9.17, 15) is 4.79 Å². The van der Waals surface area contributed by atoms with Crippen molar-refractivity contribution in [1.29, 1.82) is 0 Å². The molecule has 0 saturated heterocycles. The van der Waals surface area contributed by atoms with Gasteiger partial charge in [-0.3, -0.25) is 0 Å². The van der Waals surface area contributed by atoms with Gasteiger partial charge in [-0.25, -0.2) is 4.79 Å². The molecule has 0 aliphatic heterocycles. The summed E-state index contributed by atoms with van der Waals surface area (Å²) in [7, 11) is 1.38. The number of carbonyl (C=O) groups is 1.